The lowest BCUT2D eigenvalue weighted by Crippen LogP contribution is -2.35. The second kappa shape index (κ2) is 7.34. The first kappa shape index (κ1) is 18.4. The number of hydrogen-bond acceptors (Lipinski definition) is 3. The molecule has 0 saturated carbocycles. The number of amides is 1. The minimum absolute atomic E-state index is 0.312. The molecule has 1 amide bonds. The van der Waals surface area contributed by atoms with Crippen molar-refractivity contribution in [2.75, 3.05) is 11.9 Å². The maximum Gasteiger partial charge on any atom is 0.341 e. The number of rotatable bonds is 6. The van der Waals surface area contributed by atoms with Crippen LogP contribution in [0.25, 0.3) is 0 Å². The first-order valence-electron chi connectivity index (χ1n) is 7.73. The van der Waals surface area contributed by atoms with E-state index >= 15 is 0 Å². The molecule has 0 aliphatic rings. The van der Waals surface area contributed by atoms with Crippen molar-refractivity contribution in [2.45, 2.75) is 26.2 Å². The summed E-state index contributed by atoms with van der Waals surface area (Å²) in [4.78, 5) is 23.2. The van der Waals surface area contributed by atoms with E-state index in [1.165, 1.54) is 6.07 Å². The number of halogens is 1. The predicted octanol–water partition coefficient (Wildman–Crippen LogP) is 3.51. The summed E-state index contributed by atoms with van der Waals surface area (Å²) in [7, 11) is 0. The number of carboxylic acid groups (broad SMARTS) is 1. The Morgan fingerprint density at radius 1 is 1.20 bits per heavy atom. The van der Waals surface area contributed by atoms with E-state index in [1.54, 1.807) is 57.2 Å². The summed E-state index contributed by atoms with van der Waals surface area (Å²) < 4.78 is 19.1. The Morgan fingerprint density at radius 3 is 2.48 bits per heavy atom. The summed E-state index contributed by atoms with van der Waals surface area (Å²) in [6.45, 7) is 4.63. The average Bonchev–Trinajstić information content (AvgIpc) is 2.55. The van der Waals surface area contributed by atoms with Crippen LogP contribution >= 0.6 is 0 Å². The van der Waals surface area contributed by atoms with Crippen molar-refractivity contribution in [1.82, 2.24) is 0 Å². The highest BCUT2D eigenvalue weighted by Crippen LogP contribution is 2.29. The van der Waals surface area contributed by atoms with Crippen molar-refractivity contribution in [3.8, 4) is 5.75 Å². The molecular formula is C19H20FNO4. The lowest BCUT2D eigenvalue weighted by atomic mass is 9.83. The van der Waals surface area contributed by atoms with Gasteiger partial charge in [0.2, 0.25) is 5.91 Å². The van der Waals surface area contributed by atoms with Gasteiger partial charge in [-0.1, -0.05) is 18.2 Å². The number of hydrogen-bond donors (Lipinski definition) is 2. The van der Waals surface area contributed by atoms with Crippen LogP contribution < -0.4 is 10.1 Å². The second-order valence-corrected chi connectivity index (χ2v) is 6.22. The Morgan fingerprint density at radius 2 is 1.88 bits per heavy atom. The van der Waals surface area contributed by atoms with E-state index in [9.17, 15) is 14.0 Å². The fraction of sp³-hybridized carbons (Fsp3) is 0.263. The third-order valence-corrected chi connectivity index (χ3v) is 3.92. The molecule has 0 radical (unpaired) electrons. The highest BCUT2D eigenvalue weighted by molar-refractivity contribution is 5.99. The zero-order valence-electron chi connectivity index (χ0n) is 14.3. The number of aryl methyl sites for hydroxylation is 1. The van der Waals surface area contributed by atoms with Gasteiger partial charge >= 0.3 is 5.97 Å². The molecule has 2 N–H and O–H groups in total. The first-order valence-corrected chi connectivity index (χ1v) is 7.73. The summed E-state index contributed by atoms with van der Waals surface area (Å²) in [5, 5.41) is 11.4. The fourth-order valence-corrected chi connectivity index (χ4v) is 2.38. The summed E-state index contributed by atoms with van der Waals surface area (Å²) in [6.07, 6.45) is 0. The molecule has 0 aliphatic carbocycles. The van der Waals surface area contributed by atoms with E-state index in [2.05, 4.69) is 5.32 Å². The van der Waals surface area contributed by atoms with Crippen molar-refractivity contribution in [3.63, 3.8) is 0 Å². The number of aliphatic carboxylic acids is 1. The highest BCUT2D eigenvalue weighted by Gasteiger charge is 2.32. The quantitative estimate of drug-likeness (QED) is 0.840. The average molecular weight is 345 g/mol. The third-order valence-electron chi connectivity index (χ3n) is 3.92. The fourth-order valence-electron chi connectivity index (χ4n) is 2.38. The van der Waals surface area contributed by atoms with Gasteiger partial charge in [-0.25, -0.2) is 9.18 Å². The molecule has 0 aromatic heterocycles. The second-order valence-electron chi connectivity index (χ2n) is 6.22. The van der Waals surface area contributed by atoms with Gasteiger partial charge in [0.1, 0.15) is 11.6 Å². The molecule has 2 aromatic carbocycles. The number of benzene rings is 2. The van der Waals surface area contributed by atoms with Crippen LogP contribution in [0.5, 0.6) is 5.75 Å². The van der Waals surface area contributed by atoms with Crippen LogP contribution in [0.1, 0.15) is 25.0 Å². The minimum Gasteiger partial charge on any atom is -0.482 e. The van der Waals surface area contributed by atoms with E-state index < -0.39 is 23.8 Å². The van der Waals surface area contributed by atoms with Crippen LogP contribution in [0.4, 0.5) is 10.1 Å². The molecule has 0 heterocycles. The maximum absolute atomic E-state index is 14.0. The third kappa shape index (κ3) is 4.35. The van der Waals surface area contributed by atoms with Crippen LogP contribution in [0, 0.1) is 12.7 Å². The van der Waals surface area contributed by atoms with Crippen LogP contribution in [-0.4, -0.2) is 23.6 Å². The van der Waals surface area contributed by atoms with Gasteiger partial charge < -0.3 is 15.2 Å². The number of carbonyl (C=O) groups is 2. The molecular weight excluding hydrogens is 325 g/mol. The smallest absolute Gasteiger partial charge is 0.341 e. The standard InChI is InChI=1S/C19H20FNO4/c1-12-10-13(25-11-17(22)23)8-9-16(12)21-18(24)19(2,3)14-6-4-5-7-15(14)20/h4-10H,11H2,1-3H3,(H,21,24)(H,22,23). The molecule has 0 atom stereocenters. The summed E-state index contributed by atoms with van der Waals surface area (Å²) in [5.41, 5.74) is 0.514. The number of anilines is 1. The van der Waals surface area contributed by atoms with Gasteiger partial charge in [-0.05, 0) is 50.6 Å². The highest BCUT2D eigenvalue weighted by atomic mass is 19.1. The number of carbonyl (C=O) groups excluding carboxylic acids is 1. The van der Waals surface area contributed by atoms with Gasteiger partial charge in [-0.15, -0.1) is 0 Å². The van der Waals surface area contributed by atoms with E-state index in [1.807, 2.05) is 0 Å². The predicted molar refractivity (Wildman–Crippen MR) is 92.4 cm³/mol. The molecule has 0 saturated heterocycles. The topological polar surface area (TPSA) is 75.6 Å². The number of nitrogens with one attached hydrogen (secondary N) is 1. The Kier molecular flexibility index (Phi) is 5.41. The summed E-state index contributed by atoms with van der Waals surface area (Å²) in [6, 6.07) is 11.0. The van der Waals surface area contributed by atoms with Crippen LogP contribution in [0.3, 0.4) is 0 Å². The van der Waals surface area contributed by atoms with Crippen molar-refractivity contribution in [1.29, 1.82) is 0 Å². The van der Waals surface area contributed by atoms with Gasteiger partial charge in [0.25, 0.3) is 0 Å². The van der Waals surface area contributed by atoms with Gasteiger partial charge in [-0.2, -0.15) is 0 Å². The molecule has 0 aliphatic heterocycles. The minimum atomic E-state index is -1.07. The molecule has 2 rings (SSSR count). The Labute approximate surface area is 145 Å². The van der Waals surface area contributed by atoms with E-state index in [0.717, 1.165) is 0 Å². The first-order chi connectivity index (χ1) is 11.7. The number of carboxylic acids is 1. The SMILES string of the molecule is Cc1cc(OCC(=O)O)ccc1NC(=O)C(C)(C)c1ccccc1F. The van der Waals surface area contributed by atoms with E-state index in [0.29, 0.717) is 22.6 Å². The van der Waals surface area contributed by atoms with E-state index in [4.69, 9.17) is 9.84 Å². The summed E-state index contributed by atoms with van der Waals surface area (Å²) >= 11 is 0. The normalized spacial score (nSPS) is 11.0. The van der Waals surface area contributed by atoms with Gasteiger partial charge in [0.05, 0.1) is 5.41 Å². The zero-order valence-corrected chi connectivity index (χ0v) is 14.3. The molecule has 2 aromatic rings. The van der Waals surface area contributed by atoms with Gasteiger partial charge in [-0.3, -0.25) is 4.79 Å². The van der Waals surface area contributed by atoms with Crippen LogP contribution in [-0.2, 0) is 15.0 Å². The lowest BCUT2D eigenvalue weighted by Gasteiger charge is -2.25. The monoisotopic (exact) mass is 345 g/mol. The van der Waals surface area contributed by atoms with Crippen LogP contribution in [0.15, 0.2) is 42.5 Å². The largest absolute Gasteiger partial charge is 0.482 e. The van der Waals surface area contributed by atoms with Crippen molar-refractivity contribution in [2.24, 2.45) is 0 Å². The van der Waals surface area contributed by atoms with Crippen LogP contribution in [0.2, 0.25) is 0 Å². The molecule has 0 unspecified atom stereocenters. The molecule has 132 valence electrons. The van der Waals surface area contributed by atoms with Gasteiger partial charge in [0.15, 0.2) is 6.61 Å². The number of ether oxygens (including phenoxy) is 1. The molecule has 0 spiro atoms. The van der Waals surface area contributed by atoms with Gasteiger partial charge in [0, 0.05) is 11.3 Å². The lowest BCUT2D eigenvalue weighted by molar-refractivity contribution is -0.139. The molecule has 6 heteroatoms. The van der Waals surface area contributed by atoms with Crippen molar-refractivity contribution in [3.05, 3.63) is 59.4 Å². The Balaban J connectivity index is 2.17. The Hall–Kier alpha value is -2.89. The van der Waals surface area contributed by atoms with Crippen molar-refractivity contribution < 1.29 is 23.8 Å². The molecule has 5 nitrogen and oxygen atoms in total. The maximum atomic E-state index is 14.0. The molecule has 0 bridgehead atoms. The molecule has 25 heavy (non-hydrogen) atoms. The summed E-state index contributed by atoms with van der Waals surface area (Å²) in [5.74, 6) is -1.45. The Bertz CT molecular complexity index is 802. The molecule has 0 fully saturated rings. The van der Waals surface area contributed by atoms with Crippen molar-refractivity contribution >= 4 is 17.6 Å². The zero-order chi connectivity index (χ0) is 18.6. The van der Waals surface area contributed by atoms with E-state index in [-0.39, 0.29) is 5.91 Å².